The van der Waals surface area contributed by atoms with Gasteiger partial charge in [-0.25, -0.2) is 18.5 Å². The maximum absolute atomic E-state index is 12.3. The second-order valence-corrected chi connectivity index (χ2v) is 12.2. The highest BCUT2D eigenvalue weighted by atomic mass is 32.2. The minimum atomic E-state index is -3.80. The number of thiophene rings is 1. The summed E-state index contributed by atoms with van der Waals surface area (Å²) >= 11 is 1.28. The molecule has 162 valence electrons. The van der Waals surface area contributed by atoms with E-state index in [1.54, 1.807) is 0 Å². The molecule has 0 aliphatic carbocycles. The number of hydrogen-bond acceptors (Lipinski definition) is 4. The molecule has 0 aliphatic rings. The van der Waals surface area contributed by atoms with Gasteiger partial charge >= 0.3 is 0 Å². The van der Waals surface area contributed by atoms with Gasteiger partial charge in [0.25, 0.3) is 0 Å². The number of primary sulfonamides is 1. The van der Waals surface area contributed by atoms with Gasteiger partial charge in [-0.2, -0.15) is 0 Å². The molecule has 0 fully saturated rings. The number of hydrogen-bond donors (Lipinski definition) is 1. The Morgan fingerprint density at radius 3 is 2.37 bits per heavy atom. The molecule has 0 bridgehead atoms. The van der Waals surface area contributed by atoms with Crippen molar-refractivity contribution in [1.29, 1.82) is 0 Å². The summed E-state index contributed by atoms with van der Waals surface area (Å²) in [4.78, 5) is 5.60. The zero-order chi connectivity index (χ0) is 22.4. The van der Waals surface area contributed by atoms with Crippen LogP contribution in [0, 0.1) is 19.8 Å². The van der Waals surface area contributed by atoms with E-state index in [1.165, 1.54) is 11.3 Å². The number of benzene rings is 1. The zero-order valence-corrected chi connectivity index (χ0v) is 20.4. The minimum absolute atomic E-state index is 0.0948. The van der Waals surface area contributed by atoms with E-state index in [1.807, 2.05) is 37.5 Å². The summed E-state index contributed by atoms with van der Waals surface area (Å²) in [6.45, 7) is 14.8. The van der Waals surface area contributed by atoms with Crippen molar-refractivity contribution in [1.82, 2.24) is 9.55 Å². The predicted octanol–water partition coefficient (Wildman–Crippen LogP) is 5.36. The van der Waals surface area contributed by atoms with Gasteiger partial charge in [0, 0.05) is 33.9 Å². The molecule has 3 aromatic rings. The molecule has 0 saturated heterocycles. The first-order chi connectivity index (χ1) is 13.8. The van der Waals surface area contributed by atoms with Crippen LogP contribution in [0.3, 0.4) is 0 Å². The highest BCUT2D eigenvalue weighted by Gasteiger charge is 2.24. The van der Waals surface area contributed by atoms with E-state index in [2.05, 4.69) is 51.1 Å². The van der Waals surface area contributed by atoms with Gasteiger partial charge < -0.3 is 4.57 Å². The number of rotatable bonds is 5. The first-order valence-electron chi connectivity index (χ1n) is 10.1. The number of aromatic nitrogens is 2. The Hall–Kier alpha value is -1.96. The van der Waals surface area contributed by atoms with Crippen LogP contribution in [0.1, 0.15) is 56.4 Å². The minimum Gasteiger partial charge on any atom is -0.303 e. The van der Waals surface area contributed by atoms with Crippen molar-refractivity contribution in [3.63, 3.8) is 0 Å². The van der Waals surface area contributed by atoms with E-state index in [4.69, 9.17) is 5.14 Å². The van der Waals surface area contributed by atoms with Gasteiger partial charge in [0.05, 0.1) is 0 Å². The number of nitrogens with two attached hydrogens (primary N) is 1. The molecule has 5 nitrogen and oxygen atoms in total. The molecule has 0 atom stereocenters. The quantitative estimate of drug-likeness (QED) is 0.574. The van der Waals surface area contributed by atoms with Crippen LogP contribution < -0.4 is 5.14 Å². The van der Waals surface area contributed by atoms with Crippen molar-refractivity contribution in [3.8, 4) is 16.8 Å². The molecule has 1 aromatic carbocycles. The number of nitrogens with zero attached hydrogens (tertiary/aromatic N) is 2. The third-order valence-corrected chi connectivity index (χ3v) is 7.87. The van der Waals surface area contributed by atoms with Crippen LogP contribution in [0.2, 0.25) is 0 Å². The summed E-state index contributed by atoms with van der Waals surface area (Å²) in [7, 11) is -3.80. The lowest BCUT2D eigenvalue weighted by Crippen LogP contribution is -2.18. The van der Waals surface area contributed by atoms with E-state index >= 15 is 0 Å². The molecule has 2 N–H and O–H groups in total. The van der Waals surface area contributed by atoms with Crippen molar-refractivity contribution in [3.05, 3.63) is 52.4 Å². The van der Waals surface area contributed by atoms with Gasteiger partial charge in [0.1, 0.15) is 10.0 Å². The van der Waals surface area contributed by atoms with Crippen LogP contribution >= 0.6 is 11.3 Å². The highest BCUT2D eigenvalue weighted by molar-refractivity contribution is 7.91. The van der Waals surface area contributed by atoms with Crippen LogP contribution in [0.5, 0.6) is 0 Å². The second-order valence-electron chi connectivity index (χ2n) is 9.31. The summed E-state index contributed by atoms with van der Waals surface area (Å²) in [6.07, 6.45) is 4.62. The maximum atomic E-state index is 12.3. The van der Waals surface area contributed by atoms with Gasteiger partial charge in [-0.05, 0) is 55.0 Å². The summed E-state index contributed by atoms with van der Waals surface area (Å²) in [5.74, 6) is 1.42. The van der Waals surface area contributed by atoms with Gasteiger partial charge in [-0.15, -0.1) is 11.3 Å². The fourth-order valence-corrected chi connectivity index (χ4v) is 6.11. The standard InChI is InChI=1S/C23H31N3O2S2/c1-14(2)12-17-13-19(21(29-17)30(24,27)28)18-8-9-20(16(4)15(18)3)26-11-10-25-22(26)23(5,6)7/h8-11,13-14H,12H2,1-7H3,(H2,24,27,28). The normalized spacial score (nSPS) is 12.7. The molecule has 0 unspecified atom stereocenters. The van der Waals surface area contributed by atoms with Crippen molar-refractivity contribution >= 4 is 21.4 Å². The average molecular weight is 446 g/mol. The predicted molar refractivity (Wildman–Crippen MR) is 125 cm³/mol. The van der Waals surface area contributed by atoms with E-state index < -0.39 is 10.0 Å². The van der Waals surface area contributed by atoms with Gasteiger partial charge in [0.15, 0.2) is 0 Å². The van der Waals surface area contributed by atoms with Crippen LogP contribution in [0.25, 0.3) is 16.8 Å². The van der Waals surface area contributed by atoms with Crippen molar-refractivity contribution in [2.75, 3.05) is 0 Å². The van der Waals surface area contributed by atoms with E-state index in [9.17, 15) is 8.42 Å². The molecule has 7 heteroatoms. The fraction of sp³-hybridized carbons (Fsp3) is 0.435. The Morgan fingerprint density at radius 1 is 1.13 bits per heavy atom. The van der Waals surface area contributed by atoms with E-state index in [0.29, 0.717) is 11.5 Å². The SMILES string of the molecule is Cc1c(-c2cc(CC(C)C)sc2S(N)(=O)=O)ccc(-n2ccnc2C(C)(C)C)c1C. The molecule has 0 radical (unpaired) electrons. The Kier molecular flexibility index (Phi) is 6.02. The van der Waals surface area contributed by atoms with Gasteiger partial charge in [0.2, 0.25) is 10.0 Å². The van der Waals surface area contributed by atoms with Crippen molar-refractivity contribution in [2.45, 2.75) is 64.5 Å². The van der Waals surface area contributed by atoms with Gasteiger partial charge in [-0.3, -0.25) is 0 Å². The molecule has 2 heterocycles. The first-order valence-corrected chi connectivity index (χ1v) is 12.5. The molecule has 0 amide bonds. The highest BCUT2D eigenvalue weighted by Crippen LogP contribution is 2.39. The number of imidazole rings is 1. The maximum Gasteiger partial charge on any atom is 0.248 e. The fourth-order valence-electron chi connectivity index (χ4n) is 3.74. The summed E-state index contributed by atoms with van der Waals surface area (Å²) < 4.78 is 27.0. The average Bonchev–Trinajstić information content (AvgIpc) is 3.23. The summed E-state index contributed by atoms with van der Waals surface area (Å²) in [5.41, 5.74) is 4.69. The lowest BCUT2D eigenvalue weighted by molar-refractivity contribution is 0.536. The Bertz CT molecular complexity index is 1180. The van der Waals surface area contributed by atoms with E-state index in [-0.39, 0.29) is 9.62 Å². The monoisotopic (exact) mass is 445 g/mol. The molecule has 3 rings (SSSR count). The first kappa shape index (κ1) is 22.7. The Labute approximate surface area is 184 Å². The molecule has 2 aromatic heterocycles. The lowest BCUT2D eigenvalue weighted by atomic mass is 9.94. The Balaban J connectivity index is 2.18. The molecule has 0 aliphatic heterocycles. The smallest absolute Gasteiger partial charge is 0.248 e. The third-order valence-electron chi connectivity index (χ3n) is 5.24. The zero-order valence-electron chi connectivity index (χ0n) is 18.8. The largest absolute Gasteiger partial charge is 0.303 e. The molecular formula is C23H31N3O2S2. The van der Waals surface area contributed by atoms with Crippen LogP contribution in [-0.4, -0.2) is 18.0 Å². The molecule has 30 heavy (non-hydrogen) atoms. The molecule has 0 spiro atoms. The molecule has 0 saturated carbocycles. The second kappa shape index (κ2) is 7.94. The number of sulfonamides is 1. The summed E-state index contributed by atoms with van der Waals surface area (Å²) in [5, 5.41) is 5.57. The van der Waals surface area contributed by atoms with Crippen LogP contribution in [0.4, 0.5) is 0 Å². The Morgan fingerprint density at radius 2 is 1.80 bits per heavy atom. The lowest BCUT2D eigenvalue weighted by Gasteiger charge is -2.22. The van der Waals surface area contributed by atoms with Crippen molar-refractivity contribution in [2.24, 2.45) is 11.1 Å². The van der Waals surface area contributed by atoms with Crippen LogP contribution in [-0.2, 0) is 21.9 Å². The van der Waals surface area contributed by atoms with E-state index in [0.717, 1.165) is 39.5 Å². The van der Waals surface area contributed by atoms with Crippen molar-refractivity contribution < 1.29 is 8.42 Å². The molecular weight excluding hydrogens is 414 g/mol. The summed E-state index contributed by atoms with van der Waals surface area (Å²) in [6, 6.07) is 6.03. The van der Waals surface area contributed by atoms with Crippen LogP contribution in [0.15, 0.2) is 34.8 Å². The van der Waals surface area contributed by atoms with Gasteiger partial charge in [-0.1, -0.05) is 40.7 Å². The third kappa shape index (κ3) is 4.38. The topological polar surface area (TPSA) is 78.0 Å².